The number of nitrogens with one attached hydrogen (secondary N) is 1. The number of anilines is 1. The van der Waals surface area contributed by atoms with Gasteiger partial charge in [-0.05, 0) is 35.7 Å². The number of carbonyl (C=O) groups is 2. The first kappa shape index (κ1) is 13.6. The summed E-state index contributed by atoms with van der Waals surface area (Å²) in [6, 6.07) is 5.37. The normalized spacial score (nSPS) is 13.5. The summed E-state index contributed by atoms with van der Waals surface area (Å²) >= 11 is 6.24. The second-order valence-electron chi connectivity index (χ2n) is 4.87. The van der Waals surface area contributed by atoms with Crippen LogP contribution in [-0.4, -0.2) is 16.8 Å². The molecule has 0 saturated heterocycles. The smallest absolute Gasteiger partial charge is 0.250 e. The van der Waals surface area contributed by atoms with Crippen LogP contribution in [0.25, 0.3) is 11.1 Å². The zero-order valence-corrected chi connectivity index (χ0v) is 11.8. The molecule has 6 heteroatoms. The summed E-state index contributed by atoms with van der Waals surface area (Å²) < 4.78 is 0. The van der Waals surface area contributed by atoms with Crippen LogP contribution in [0, 0.1) is 0 Å². The topological polar surface area (TPSA) is 85.1 Å². The van der Waals surface area contributed by atoms with Gasteiger partial charge in [-0.2, -0.15) is 0 Å². The summed E-state index contributed by atoms with van der Waals surface area (Å²) in [5, 5.41) is 3.25. The fourth-order valence-electron chi connectivity index (χ4n) is 2.35. The molecule has 1 aromatic heterocycles. The van der Waals surface area contributed by atoms with Gasteiger partial charge in [0.1, 0.15) is 0 Å². The second-order valence-corrected chi connectivity index (χ2v) is 5.27. The highest BCUT2D eigenvalue weighted by Crippen LogP contribution is 2.35. The lowest BCUT2D eigenvalue weighted by atomic mass is 9.97. The number of nitrogens with two attached hydrogens (primary N) is 1. The highest BCUT2D eigenvalue weighted by atomic mass is 35.5. The van der Waals surface area contributed by atoms with Crippen LogP contribution < -0.4 is 11.1 Å². The van der Waals surface area contributed by atoms with Crippen molar-refractivity contribution < 1.29 is 9.59 Å². The van der Waals surface area contributed by atoms with Crippen LogP contribution in [0.4, 0.5) is 5.69 Å². The Bertz CT molecular complexity index is 759. The first-order chi connectivity index (χ1) is 10.0. The lowest BCUT2D eigenvalue weighted by Crippen LogP contribution is -2.19. The molecule has 0 fully saturated rings. The van der Waals surface area contributed by atoms with Gasteiger partial charge in [-0.1, -0.05) is 11.6 Å². The number of pyridine rings is 1. The van der Waals surface area contributed by atoms with Gasteiger partial charge in [0, 0.05) is 24.4 Å². The number of hydrogen-bond donors (Lipinski definition) is 2. The fourth-order valence-corrected chi connectivity index (χ4v) is 2.64. The SMILES string of the molecule is NC(=O)c1cncc(-c2cc(Cl)c3c(c2)CCC(=O)N3)c1. The van der Waals surface area contributed by atoms with E-state index in [2.05, 4.69) is 10.3 Å². The van der Waals surface area contributed by atoms with Crippen molar-refractivity contribution in [2.45, 2.75) is 12.8 Å². The highest BCUT2D eigenvalue weighted by Gasteiger charge is 2.19. The van der Waals surface area contributed by atoms with Gasteiger partial charge in [0.2, 0.25) is 11.8 Å². The number of carbonyl (C=O) groups excluding carboxylic acids is 2. The molecule has 0 atom stereocenters. The Morgan fingerprint density at radius 1 is 1.19 bits per heavy atom. The van der Waals surface area contributed by atoms with Crippen molar-refractivity contribution in [1.82, 2.24) is 4.98 Å². The van der Waals surface area contributed by atoms with E-state index >= 15 is 0 Å². The number of benzene rings is 1. The molecule has 0 aliphatic carbocycles. The zero-order valence-electron chi connectivity index (χ0n) is 11.0. The molecule has 0 bridgehead atoms. The van der Waals surface area contributed by atoms with Crippen LogP contribution in [0.15, 0.2) is 30.6 Å². The number of fused-ring (bicyclic) bond motifs is 1. The Morgan fingerprint density at radius 3 is 2.76 bits per heavy atom. The van der Waals surface area contributed by atoms with E-state index < -0.39 is 5.91 Å². The van der Waals surface area contributed by atoms with E-state index in [-0.39, 0.29) is 5.91 Å². The van der Waals surface area contributed by atoms with Gasteiger partial charge in [0.25, 0.3) is 0 Å². The molecule has 0 saturated carbocycles. The number of rotatable bonds is 2. The van der Waals surface area contributed by atoms with Crippen molar-refractivity contribution in [3.05, 3.63) is 46.7 Å². The predicted octanol–water partition coefficient (Wildman–Crippen LogP) is 2.39. The molecule has 3 N–H and O–H groups in total. The summed E-state index contributed by atoms with van der Waals surface area (Å²) in [6.45, 7) is 0. The van der Waals surface area contributed by atoms with Gasteiger partial charge in [-0.3, -0.25) is 14.6 Å². The van der Waals surface area contributed by atoms with Crippen molar-refractivity contribution in [3.8, 4) is 11.1 Å². The average molecular weight is 302 g/mol. The Morgan fingerprint density at radius 2 is 2.00 bits per heavy atom. The monoisotopic (exact) mass is 301 g/mol. The maximum Gasteiger partial charge on any atom is 0.250 e. The van der Waals surface area contributed by atoms with Crippen LogP contribution in [0.3, 0.4) is 0 Å². The minimum atomic E-state index is -0.527. The molecular weight excluding hydrogens is 290 g/mol. The molecule has 0 radical (unpaired) electrons. The summed E-state index contributed by atoms with van der Waals surface area (Å²) in [5.74, 6) is -0.560. The molecule has 2 amide bonds. The Hall–Kier alpha value is -2.40. The largest absolute Gasteiger partial charge is 0.366 e. The average Bonchev–Trinajstić information content (AvgIpc) is 2.48. The van der Waals surface area contributed by atoms with E-state index in [4.69, 9.17) is 17.3 Å². The number of hydrogen-bond acceptors (Lipinski definition) is 3. The molecule has 1 aromatic carbocycles. The number of halogens is 1. The molecule has 0 unspecified atom stereocenters. The van der Waals surface area contributed by atoms with Crippen molar-refractivity contribution >= 4 is 29.1 Å². The minimum absolute atomic E-state index is 0.0328. The quantitative estimate of drug-likeness (QED) is 0.893. The van der Waals surface area contributed by atoms with Gasteiger partial charge in [0.15, 0.2) is 0 Å². The van der Waals surface area contributed by atoms with Gasteiger partial charge < -0.3 is 11.1 Å². The Labute approximate surface area is 126 Å². The Kier molecular flexibility index (Phi) is 3.35. The molecule has 106 valence electrons. The summed E-state index contributed by atoms with van der Waals surface area (Å²) in [6.07, 6.45) is 4.14. The lowest BCUT2D eigenvalue weighted by molar-refractivity contribution is -0.116. The molecule has 1 aliphatic rings. The molecule has 5 nitrogen and oxygen atoms in total. The third-order valence-corrected chi connectivity index (χ3v) is 3.71. The Balaban J connectivity index is 2.08. The fraction of sp³-hybridized carbons (Fsp3) is 0.133. The van der Waals surface area contributed by atoms with Crippen LogP contribution in [0.1, 0.15) is 22.3 Å². The molecule has 3 rings (SSSR count). The number of primary amides is 1. The van der Waals surface area contributed by atoms with Gasteiger partial charge in [-0.25, -0.2) is 0 Å². The lowest BCUT2D eigenvalue weighted by Gasteiger charge is -2.19. The van der Waals surface area contributed by atoms with E-state index in [1.165, 1.54) is 6.20 Å². The molecule has 1 aliphatic heterocycles. The number of nitrogens with zero attached hydrogens (tertiary/aromatic N) is 1. The van der Waals surface area contributed by atoms with E-state index in [1.54, 1.807) is 18.3 Å². The van der Waals surface area contributed by atoms with Crippen LogP contribution in [0.2, 0.25) is 5.02 Å². The number of aromatic nitrogens is 1. The summed E-state index contributed by atoms with van der Waals surface area (Å²) in [4.78, 5) is 26.7. The van der Waals surface area contributed by atoms with E-state index in [1.807, 2.05) is 6.07 Å². The summed E-state index contributed by atoms with van der Waals surface area (Å²) in [7, 11) is 0. The zero-order chi connectivity index (χ0) is 15.0. The van der Waals surface area contributed by atoms with E-state index in [9.17, 15) is 9.59 Å². The van der Waals surface area contributed by atoms with E-state index in [0.717, 1.165) is 16.7 Å². The van der Waals surface area contributed by atoms with Crippen LogP contribution >= 0.6 is 11.6 Å². The molecular formula is C15H12ClN3O2. The molecule has 2 aromatic rings. The van der Waals surface area contributed by atoms with Gasteiger partial charge in [0.05, 0.1) is 16.3 Å². The number of aryl methyl sites for hydroxylation is 1. The maximum absolute atomic E-state index is 11.4. The van der Waals surface area contributed by atoms with Crippen molar-refractivity contribution in [1.29, 1.82) is 0 Å². The van der Waals surface area contributed by atoms with Gasteiger partial charge >= 0.3 is 0 Å². The highest BCUT2D eigenvalue weighted by molar-refractivity contribution is 6.34. The van der Waals surface area contributed by atoms with E-state index in [0.29, 0.717) is 29.1 Å². The van der Waals surface area contributed by atoms with Crippen LogP contribution in [0.5, 0.6) is 0 Å². The van der Waals surface area contributed by atoms with Crippen molar-refractivity contribution in [3.63, 3.8) is 0 Å². The first-order valence-electron chi connectivity index (χ1n) is 6.42. The van der Waals surface area contributed by atoms with Crippen LogP contribution in [-0.2, 0) is 11.2 Å². The van der Waals surface area contributed by atoms with Gasteiger partial charge in [-0.15, -0.1) is 0 Å². The number of amides is 2. The third-order valence-electron chi connectivity index (χ3n) is 3.41. The van der Waals surface area contributed by atoms with Crippen molar-refractivity contribution in [2.24, 2.45) is 5.73 Å². The minimum Gasteiger partial charge on any atom is -0.366 e. The first-order valence-corrected chi connectivity index (χ1v) is 6.80. The molecule has 0 spiro atoms. The molecule has 21 heavy (non-hydrogen) atoms. The standard InChI is InChI=1S/C15H12ClN3O2/c16-12-5-9(3-8-1-2-13(20)19-14(8)12)10-4-11(15(17)21)7-18-6-10/h3-7H,1-2H2,(H2,17,21)(H,19,20). The maximum atomic E-state index is 11.4. The van der Waals surface area contributed by atoms with Crippen molar-refractivity contribution in [2.75, 3.05) is 5.32 Å². The third kappa shape index (κ3) is 2.60. The molecule has 2 heterocycles. The second kappa shape index (κ2) is 5.18. The predicted molar refractivity (Wildman–Crippen MR) is 80.2 cm³/mol. The summed E-state index contributed by atoms with van der Waals surface area (Å²) in [5.41, 5.74) is 8.84.